The lowest BCUT2D eigenvalue weighted by atomic mass is 10.2. The van der Waals surface area contributed by atoms with Crippen LogP contribution in [0, 0.1) is 11.3 Å². The number of carbonyl (C=O) groups is 2. The van der Waals surface area contributed by atoms with Crippen LogP contribution in [-0.4, -0.2) is 35.9 Å². The summed E-state index contributed by atoms with van der Waals surface area (Å²) in [5.74, 6) is 0.0883. The van der Waals surface area contributed by atoms with Gasteiger partial charge in [0.25, 0.3) is 5.91 Å². The zero-order valence-electron chi connectivity index (χ0n) is 14.2. The maximum atomic E-state index is 12.1. The van der Waals surface area contributed by atoms with Crippen LogP contribution in [0.25, 0.3) is 0 Å². The van der Waals surface area contributed by atoms with Crippen LogP contribution in [0.1, 0.15) is 17.5 Å². The average Bonchev–Trinajstić information content (AvgIpc) is 3.00. The zero-order valence-corrected chi connectivity index (χ0v) is 14.2. The number of hydrogen-bond acceptors (Lipinski definition) is 4. The Bertz CT molecular complexity index is 830. The summed E-state index contributed by atoms with van der Waals surface area (Å²) in [5, 5.41) is 11.8. The van der Waals surface area contributed by atoms with Crippen molar-refractivity contribution in [2.45, 2.75) is 19.0 Å². The van der Waals surface area contributed by atoms with Crippen LogP contribution < -0.4 is 10.1 Å². The van der Waals surface area contributed by atoms with Gasteiger partial charge in [-0.15, -0.1) is 0 Å². The highest BCUT2D eigenvalue weighted by molar-refractivity contribution is 5.82. The van der Waals surface area contributed by atoms with Gasteiger partial charge in [0.2, 0.25) is 5.91 Å². The molecule has 1 fully saturated rings. The summed E-state index contributed by atoms with van der Waals surface area (Å²) in [6.45, 7) is 0.828. The molecule has 1 aliphatic heterocycles. The molecule has 0 radical (unpaired) electrons. The van der Waals surface area contributed by atoms with Gasteiger partial charge in [-0.3, -0.25) is 9.59 Å². The van der Waals surface area contributed by atoms with Crippen molar-refractivity contribution >= 4 is 11.8 Å². The maximum absolute atomic E-state index is 12.1. The number of amides is 2. The van der Waals surface area contributed by atoms with E-state index in [1.807, 2.05) is 36.4 Å². The molecule has 0 aromatic heterocycles. The molecule has 3 rings (SSSR count). The van der Waals surface area contributed by atoms with Crippen molar-refractivity contribution < 1.29 is 14.3 Å². The largest absolute Gasteiger partial charge is 0.482 e. The summed E-state index contributed by atoms with van der Waals surface area (Å²) in [6.07, 6.45) is 0.285. The Morgan fingerprint density at radius 3 is 2.69 bits per heavy atom. The van der Waals surface area contributed by atoms with Crippen molar-refractivity contribution in [3.63, 3.8) is 0 Å². The monoisotopic (exact) mass is 349 g/mol. The highest BCUT2D eigenvalue weighted by atomic mass is 16.5. The number of rotatable bonds is 6. The van der Waals surface area contributed by atoms with Crippen molar-refractivity contribution in [3.05, 3.63) is 65.7 Å². The van der Waals surface area contributed by atoms with Gasteiger partial charge in [0, 0.05) is 19.5 Å². The normalized spacial score (nSPS) is 16.2. The second-order valence-electron chi connectivity index (χ2n) is 6.13. The first kappa shape index (κ1) is 17.5. The lowest BCUT2D eigenvalue weighted by Crippen LogP contribution is -2.39. The number of para-hydroxylation sites is 1. The standard InChI is InChI=1S/C20H19N3O3/c21-11-16-8-4-5-9-18(16)26-14-19(24)22-17-10-20(25)23(13-17)12-15-6-2-1-3-7-15/h1-9,17H,10,12-14H2,(H,22,24). The molecule has 2 aromatic rings. The number of nitriles is 1. The molecule has 1 heterocycles. The third kappa shape index (κ3) is 4.39. The van der Waals surface area contributed by atoms with Crippen LogP contribution in [0.2, 0.25) is 0 Å². The molecule has 1 N–H and O–H groups in total. The van der Waals surface area contributed by atoms with Gasteiger partial charge in [0.15, 0.2) is 6.61 Å². The van der Waals surface area contributed by atoms with Crippen molar-refractivity contribution in [2.24, 2.45) is 0 Å². The Labute approximate surface area is 152 Å². The fraction of sp³-hybridized carbons (Fsp3) is 0.250. The minimum atomic E-state index is -0.308. The van der Waals surface area contributed by atoms with Crippen LogP contribution in [-0.2, 0) is 16.1 Å². The number of benzene rings is 2. The molecule has 1 saturated heterocycles. The van der Waals surface area contributed by atoms with E-state index in [1.54, 1.807) is 29.2 Å². The summed E-state index contributed by atoms with van der Waals surface area (Å²) in [5.41, 5.74) is 1.44. The number of carbonyl (C=O) groups excluding carboxylic acids is 2. The molecule has 1 atom stereocenters. The quantitative estimate of drug-likeness (QED) is 0.863. The summed E-state index contributed by atoms with van der Waals surface area (Å²) in [4.78, 5) is 26.0. The van der Waals surface area contributed by atoms with E-state index in [2.05, 4.69) is 5.32 Å². The van der Waals surface area contributed by atoms with Crippen LogP contribution in [0.3, 0.4) is 0 Å². The molecule has 0 spiro atoms. The number of hydrogen-bond donors (Lipinski definition) is 1. The topological polar surface area (TPSA) is 82.4 Å². The maximum Gasteiger partial charge on any atom is 0.258 e. The smallest absolute Gasteiger partial charge is 0.258 e. The first-order valence-corrected chi connectivity index (χ1v) is 8.38. The minimum absolute atomic E-state index is 0.0231. The average molecular weight is 349 g/mol. The number of nitrogens with zero attached hydrogens (tertiary/aromatic N) is 2. The van der Waals surface area contributed by atoms with Gasteiger partial charge in [-0.25, -0.2) is 0 Å². The Morgan fingerprint density at radius 1 is 1.19 bits per heavy atom. The highest BCUT2D eigenvalue weighted by Gasteiger charge is 2.30. The minimum Gasteiger partial charge on any atom is -0.482 e. The molecule has 2 amide bonds. The predicted octanol–water partition coefficient (Wildman–Crippen LogP) is 1.85. The van der Waals surface area contributed by atoms with Crippen LogP contribution in [0.15, 0.2) is 54.6 Å². The summed E-state index contributed by atoms with van der Waals surface area (Å²) in [7, 11) is 0. The number of likely N-dealkylation sites (tertiary alicyclic amines) is 1. The van der Waals surface area contributed by atoms with Crippen LogP contribution in [0.4, 0.5) is 0 Å². The van der Waals surface area contributed by atoms with Crippen molar-refractivity contribution in [1.82, 2.24) is 10.2 Å². The Kier molecular flexibility index (Phi) is 5.49. The second-order valence-corrected chi connectivity index (χ2v) is 6.13. The predicted molar refractivity (Wildman–Crippen MR) is 95.1 cm³/mol. The fourth-order valence-electron chi connectivity index (χ4n) is 2.92. The van der Waals surface area contributed by atoms with Crippen molar-refractivity contribution in [1.29, 1.82) is 5.26 Å². The van der Waals surface area contributed by atoms with Gasteiger partial charge < -0.3 is 15.0 Å². The third-order valence-electron chi connectivity index (χ3n) is 4.16. The van der Waals surface area contributed by atoms with Gasteiger partial charge in [-0.2, -0.15) is 5.26 Å². The van der Waals surface area contributed by atoms with E-state index in [-0.39, 0.29) is 30.9 Å². The van der Waals surface area contributed by atoms with Gasteiger partial charge in [0.05, 0.1) is 11.6 Å². The molecule has 6 heteroatoms. The Morgan fingerprint density at radius 2 is 1.92 bits per heavy atom. The molecule has 1 unspecified atom stereocenters. The molecule has 0 saturated carbocycles. The lowest BCUT2D eigenvalue weighted by Gasteiger charge is -2.17. The first-order valence-electron chi connectivity index (χ1n) is 8.38. The SMILES string of the molecule is N#Cc1ccccc1OCC(=O)NC1CC(=O)N(Cc2ccccc2)C1. The molecular formula is C20H19N3O3. The van der Waals surface area contributed by atoms with E-state index < -0.39 is 0 Å². The van der Waals surface area contributed by atoms with Crippen molar-refractivity contribution in [2.75, 3.05) is 13.2 Å². The molecular weight excluding hydrogens is 330 g/mol. The highest BCUT2D eigenvalue weighted by Crippen LogP contribution is 2.17. The van der Waals surface area contributed by atoms with E-state index in [1.165, 1.54) is 0 Å². The molecule has 26 heavy (non-hydrogen) atoms. The van der Waals surface area contributed by atoms with Gasteiger partial charge in [-0.05, 0) is 17.7 Å². The summed E-state index contributed by atoms with van der Waals surface area (Å²) in [6, 6.07) is 18.3. The van der Waals surface area contributed by atoms with Crippen molar-refractivity contribution in [3.8, 4) is 11.8 Å². The molecule has 1 aliphatic rings. The van der Waals surface area contributed by atoms with E-state index >= 15 is 0 Å². The Balaban J connectivity index is 1.49. The molecule has 2 aromatic carbocycles. The molecule has 0 bridgehead atoms. The van der Waals surface area contributed by atoms with E-state index in [4.69, 9.17) is 10.00 Å². The second kappa shape index (κ2) is 8.17. The number of nitrogens with one attached hydrogen (secondary N) is 1. The molecule has 132 valence electrons. The van der Waals surface area contributed by atoms with Gasteiger partial charge >= 0.3 is 0 Å². The van der Waals surface area contributed by atoms with Crippen LogP contribution in [0.5, 0.6) is 5.75 Å². The first-order chi connectivity index (χ1) is 12.7. The van der Waals surface area contributed by atoms with E-state index in [0.717, 1.165) is 5.56 Å². The van der Waals surface area contributed by atoms with Gasteiger partial charge in [-0.1, -0.05) is 42.5 Å². The molecule has 0 aliphatic carbocycles. The van der Waals surface area contributed by atoms with E-state index in [9.17, 15) is 9.59 Å². The lowest BCUT2D eigenvalue weighted by molar-refractivity contribution is -0.128. The third-order valence-corrected chi connectivity index (χ3v) is 4.16. The van der Waals surface area contributed by atoms with E-state index in [0.29, 0.717) is 24.4 Å². The summed E-state index contributed by atoms with van der Waals surface area (Å²) >= 11 is 0. The zero-order chi connectivity index (χ0) is 18.4. The van der Waals surface area contributed by atoms with Crippen LogP contribution >= 0.6 is 0 Å². The number of ether oxygens (including phenoxy) is 1. The summed E-state index contributed by atoms with van der Waals surface area (Å²) < 4.78 is 5.42. The Hall–Kier alpha value is -3.33. The van der Waals surface area contributed by atoms with Gasteiger partial charge in [0.1, 0.15) is 11.8 Å². The fourth-order valence-corrected chi connectivity index (χ4v) is 2.92. The molecule has 6 nitrogen and oxygen atoms in total.